The van der Waals surface area contributed by atoms with Crippen LogP contribution in [0.2, 0.25) is 0 Å². The maximum atomic E-state index is 5.65. The first-order valence-electron chi connectivity index (χ1n) is 6.26. The van der Waals surface area contributed by atoms with E-state index in [1.165, 1.54) is 5.56 Å². The molecule has 1 aliphatic rings. The summed E-state index contributed by atoms with van der Waals surface area (Å²) in [7, 11) is 0. The van der Waals surface area contributed by atoms with Crippen LogP contribution < -0.4 is 10.1 Å². The summed E-state index contributed by atoms with van der Waals surface area (Å²) in [5, 5.41) is 3.42. The first-order valence-corrected chi connectivity index (χ1v) is 6.26. The molecule has 3 nitrogen and oxygen atoms in total. The quantitative estimate of drug-likeness (QED) is 0.868. The molecule has 17 heavy (non-hydrogen) atoms. The molecule has 1 N–H and O–H groups in total. The zero-order chi connectivity index (χ0) is 12.1. The van der Waals surface area contributed by atoms with Crippen molar-refractivity contribution < 1.29 is 9.47 Å². The van der Waals surface area contributed by atoms with Crippen LogP contribution >= 0.6 is 0 Å². The Morgan fingerprint density at radius 1 is 1.35 bits per heavy atom. The molecule has 1 atom stereocenters. The molecule has 0 radical (unpaired) electrons. The van der Waals surface area contributed by atoms with Gasteiger partial charge in [-0.05, 0) is 24.6 Å². The summed E-state index contributed by atoms with van der Waals surface area (Å²) < 4.78 is 11.1. The Hall–Kier alpha value is -1.06. The normalized spacial score (nSPS) is 25.3. The van der Waals surface area contributed by atoms with Crippen LogP contribution in [0.5, 0.6) is 5.75 Å². The third kappa shape index (κ3) is 2.99. The first-order chi connectivity index (χ1) is 8.24. The predicted octanol–water partition coefficient (Wildman–Crippen LogP) is 1.96. The van der Waals surface area contributed by atoms with E-state index in [-0.39, 0.29) is 5.41 Å². The summed E-state index contributed by atoms with van der Waals surface area (Å²) >= 11 is 0. The first kappa shape index (κ1) is 12.4. The fourth-order valence-corrected chi connectivity index (χ4v) is 2.16. The fraction of sp³-hybridized carbons (Fsp3) is 0.571. The molecule has 0 saturated carbocycles. The van der Waals surface area contributed by atoms with E-state index >= 15 is 0 Å². The number of ether oxygens (including phenoxy) is 2. The van der Waals surface area contributed by atoms with Crippen molar-refractivity contribution >= 4 is 0 Å². The number of hydrogen-bond donors (Lipinski definition) is 1. The van der Waals surface area contributed by atoms with Gasteiger partial charge in [-0.1, -0.05) is 19.1 Å². The molecule has 1 unspecified atom stereocenters. The smallest absolute Gasteiger partial charge is 0.119 e. The van der Waals surface area contributed by atoms with Gasteiger partial charge in [-0.3, -0.25) is 0 Å². The highest BCUT2D eigenvalue weighted by atomic mass is 16.5. The second-order valence-corrected chi connectivity index (χ2v) is 4.75. The number of benzene rings is 1. The van der Waals surface area contributed by atoms with Crippen molar-refractivity contribution in [2.75, 3.05) is 32.9 Å². The van der Waals surface area contributed by atoms with E-state index < -0.39 is 0 Å². The van der Waals surface area contributed by atoms with Crippen molar-refractivity contribution in [3.8, 4) is 5.75 Å². The van der Waals surface area contributed by atoms with E-state index in [1.807, 2.05) is 19.1 Å². The van der Waals surface area contributed by atoms with Gasteiger partial charge < -0.3 is 14.8 Å². The van der Waals surface area contributed by atoms with Gasteiger partial charge in [0, 0.05) is 18.5 Å². The summed E-state index contributed by atoms with van der Waals surface area (Å²) in [4.78, 5) is 0. The predicted molar refractivity (Wildman–Crippen MR) is 68.7 cm³/mol. The third-order valence-corrected chi connectivity index (χ3v) is 3.22. The van der Waals surface area contributed by atoms with Crippen molar-refractivity contribution in [2.45, 2.75) is 19.3 Å². The number of hydrogen-bond acceptors (Lipinski definition) is 3. The standard InChI is InChI=1S/C14H21NO2/c1-3-17-13-6-4-12(5-7-13)14(2)10-15-8-9-16-11-14/h4-7,15H,3,8-11H2,1-2H3. The molecular weight excluding hydrogens is 214 g/mol. The maximum Gasteiger partial charge on any atom is 0.119 e. The Morgan fingerprint density at radius 3 is 2.82 bits per heavy atom. The van der Waals surface area contributed by atoms with E-state index in [9.17, 15) is 0 Å². The maximum absolute atomic E-state index is 5.65. The summed E-state index contributed by atoms with van der Waals surface area (Å²) in [6.45, 7) is 8.41. The average Bonchev–Trinajstić information content (AvgIpc) is 2.56. The highest BCUT2D eigenvalue weighted by Crippen LogP contribution is 2.26. The highest BCUT2D eigenvalue weighted by Gasteiger charge is 2.28. The Morgan fingerprint density at radius 2 is 2.12 bits per heavy atom. The molecule has 0 aliphatic carbocycles. The molecule has 0 bridgehead atoms. The van der Waals surface area contributed by atoms with Crippen molar-refractivity contribution in [3.05, 3.63) is 29.8 Å². The SMILES string of the molecule is CCOc1ccc(C2(C)CNCCOC2)cc1. The van der Waals surface area contributed by atoms with Crippen LogP contribution in [0.3, 0.4) is 0 Å². The largest absolute Gasteiger partial charge is 0.494 e. The number of rotatable bonds is 3. The molecular formula is C14H21NO2. The van der Waals surface area contributed by atoms with Gasteiger partial charge in [0.1, 0.15) is 5.75 Å². The van der Waals surface area contributed by atoms with E-state index in [4.69, 9.17) is 9.47 Å². The van der Waals surface area contributed by atoms with Gasteiger partial charge in [-0.25, -0.2) is 0 Å². The van der Waals surface area contributed by atoms with Crippen molar-refractivity contribution in [1.82, 2.24) is 5.32 Å². The minimum Gasteiger partial charge on any atom is -0.494 e. The van der Waals surface area contributed by atoms with Crippen LogP contribution in [0.4, 0.5) is 0 Å². The minimum atomic E-state index is 0.0568. The van der Waals surface area contributed by atoms with Gasteiger partial charge in [-0.15, -0.1) is 0 Å². The molecule has 0 aromatic heterocycles. The molecule has 2 rings (SSSR count). The zero-order valence-electron chi connectivity index (χ0n) is 10.7. The van der Waals surface area contributed by atoms with Crippen LogP contribution in [-0.2, 0) is 10.2 Å². The van der Waals surface area contributed by atoms with E-state index in [0.29, 0.717) is 6.61 Å². The van der Waals surface area contributed by atoms with Gasteiger partial charge in [0.05, 0.1) is 19.8 Å². The molecule has 94 valence electrons. The van der Waals surface area contributed by atoms with E-state index in [1.54, 1.807) is 0 Å². The molecule has 0 amide bonds. The Balaban J connectivity index is 2.14. The van der Waals surface area contributed by atoms with Crippen LogP contribution in [0.1, 0.15) is 19.4 Å². The van der Waals surface area contributed by atoms with Gasteiger partial charge in [0.25, 0.3) is 0 Å². The van der Waals surface area contributed by atoms with Gasteiger partial charge in [0.15, 0.2) is 0 Å². The third-order valence-electron chi connectivity index (χ3n) is 3.22. The van der Waals surface area contributed by atoms with Crippen molar-refractivity contribution in [2.24, 2.45) is 0 Å². The molecule has 3 heteroatoms. The second-order valence-electron chi connectivity index (χ2n) is 4.75. The van der Waals surface area contributed by atoms with Crippen LogP contribution in [0.25, 0.3) is 0 Å². The van der Waals surface area contributed by atoms with E-state index in [2.05, 4.69) is 24.4 Å². The summed E-state index contributed by atoms with van der Waals surface area (Å²) in [5.74, 6) is 0.933. The fourth-order valence-electron chi connectivity index (χ4n) is 2.16. The molecule has 1 aromatic carbocycles. The minimum absolute atomic E-state index is 0.0568. The monoisotopic (exact) mass is 235 g/mol. The van der Waals surface area contributed by atoms with Crippen molar-refractivity contribution in [1.29, 1.82) is 0 Å². The lowest BCUT2D eigenvalue weighted by molar-refractivity contribution is 0.113. The average molecular weight is 235 g/mol. The Bertz CT molecular complexity index is 340. The van der Waals surface area contributed by atoms with Gasteiger partial charge in [-0.2, -0.15) is 0 Å². The highest BCUT2D eigenvalue weighted by molar-refractivity contribution is 5.32. The molecule has 1 heterocycles. The van der Waals surface area contributed by atoms with Gasteiger partial charge in [0.2, 0.25) is 0 Å². The van der Waals surface area contributed by atoms with E-state index in [0.717, 1.165) is 32.1 Å². The summed E-state index contributed by atoms with van der Waals surface area (Å²) in [6.07, 6.45) is 0. The van der Waals surface area contributed by atoms with Gasteiger partial charge >= 0.3 is 0 Å². The Labute approximate surface area is 103 Å². The lowest BCUT2D eigenvalue weighted by Gasteiger charge is -2.28. The summed E-state index contributed by atoms with van der Waals surface area (Å²) in [6, 6.07) is 8.35. The number of nitrogens with one attached hydrogen (secondary N) is 1. The van der Waals surface area contributed by atoms with Crippen molar-refractivity contribution in [3.63, 3.8) is 0 Å². The van der Waals surface area contributed by atoms with Crippen LogP contribution in [0, 0.1) is 0 Å². The zero-order valence-corrected chi connectivity index (χ0v) is 10.7. The topological polar surface area (TPSA) is 30.5 Å². The van der Waals surface area contributed by atoms with Crippen LogP contribution in [-0.4, -0.2) is 32.9 Å². The molecule has 1 aromatic rings. The van der Waals surface area contributed by atoms with Crippen LogP contribution in [0.15, 0.2) is 24.3 Å². The molecule has 1 fully saturated rings. The molecule has 1 saturated heterocycles. The lowest BCUT2D eigenvalue weighted by Crippen LogP contribution is -2.36. The summed E-state index contributed by atoms with van der Waals surface area (Å²) in [5.41, 5.74) is 1.36. The Kier molecular flexibility index (Phi) is 4.02. The molecule has 0 spiro atoms. The molecule has 1 aliphatic heterocycles. The lowest BCUT2D eigenvalue weighted by atomic mass is 9.83. The second kappa shape index (κ2) is 5.52.